The average molecular weight is 267 g/mol. The van der Waals surface area contributed by atoms with Gasteiger partial charge in [0.1, 0.15) is 0 Å². The summed E-state index contributed by atoms with van der Waals surface area (Å²) < 4.78 is 5.30. The smallest absolute Gasteiger partial charge is 0.321 e. The Morgan fingerprint density at radius 2 is 1.95 bits per heavy atom. The van der Waals surface area contributed by atoms with Crippen molar-refractivity contribution in [2.75, 3.05) is 12.3 Å². The third-order valence-electron chi connectivity index (χ3n) is 2.78. The fraction of sp³-hybridized carbons (Fsp3) is 0.143. The van der Waals surface area contributed by atoms with Gasteiger partial charge in [-0.05, 0) is 19.1 Å². The van der Waals surface area contributed by atoms with Crippen molar-refractivity contribution < 1.29 is 4.74 Å². The highest BCUT2D eigenvalue weighted by molar-refractivity contribution is 5.91. The molecule has 2 heterocycles. The molecule has 0 fully saturated rings. The van der Waals surface area contributed by atoms with Crippen molar-refractivity contribution in [3.05, 3.63) is 36.5 Å². The molecule has 6 nitrogen and oxygen atoms in total. The normalized spacial score (nSPS) is 10.7. The van der Waals surface area contributed by atoms with Crippen molar-refractivity contribution in [1.29, 1.82) is 0 Å². The van der Waals surface area contributed by atoms with E-state index in [-0.39, 0.29) is 12.0 Å². The Morgan fingerprint density at radius 1 is 1.10 bits per heavy atom. The second-order valence-electron chi connectivity index (χ2n) is 4.11. The van der Waals surface area contributed by atoms with Crippen molar-refractivity contribution in [2.24, 2.45) is 0 Å². The number of aromatic nitrogens is 4. The van der Waals surface area contributed by atoms with Crippen LogP contribution in [0.1, 0.15) is 6.92 Å². The van der Waals surface area contributed by atoms with Crippen LogP contribution in [0.5, 0.6) is 6.01 Å². The summed E-state index contributed by atoms with van der Waals surface area (Å²) in [5.74, 6) is 0.594. The van der Waals surface area contributed by atoms with Crippen LogP contribution in [-0.2, 0) is 0 Å². The van der Waals surface area contributed by atoms with Gasteiger partial charge in [0.15, 0.2) is 5.82 Å². The number of benzene rings is 1. The van der Waals surface area contributed by atoms with Crippen molar-refractivity contribution in [3.8, 4) is 17.4 Å². The van der Waals surface area contributed by atoms with Gasteiger partial charge >= 0.3 is 6.01 Å². The molecule has 2 N–H and O–H groups in total. The van der Waals surface area contributed by atoms with Crippen LogP contribution in [0.4, 0.5) is 5.95 Å². The third-order valence-corrected chi connectivity index (χ3v) is 2.78. The number of ether oxygens (including phenoxy) is 1. The SMILES string of the molecule is CCOc1nc(N)nc(-c2cccc3cccnc23)n1. The molecule has 0 saturated heterocycles. The topological polar surface area (TPSA) is 86.8 Å². The van der Waals surface area contributed by atoms with Gasteiger partial charge < -0.3 is 10.5 Å². The zero-order valence-corrected chi connectivity index (χ0v) is 10.9. The van der Waals surface area contributed by atoms with E-state index in [1.165, 1.54) is 0 Å². The third kappa shape index (κ3) is 2.23. The lowest BCUT2D eigenvalue weighted by atomic mass is 10.1. The molecule has 0 atom stereocenters. The number of para-hydroxylation sites is 1. The molecule has 0 aliphatic rings. The molecule has 6 heteroatoms. The first-order chi connectivity index (χ1) is 9.78. The number of anilines is 1. The quantitative estimate of drug-likeness (QED) is 0.781. The molecular formula is C14H13N5O. The molecule has 0 aliphatic heterocycles. The minimum Gasteiger partial charge on any atom is -0.464 e. The van der Waals surface area contributed by atoms with Gasteiger partial charge in [-0.15, -0.1) is 0 Å². The standard InChI is InChI=1S/C14H13N5O/c1-2-20-14-18-12(17-13(15)19-14)10-7-3-5-9-6-4-8-16-11(9)10/h3-8H,2H2,1H3,(H2,15,17,18,19). The van der Waals surface area contributed by atoms with Gasteiger partial charge in [0, 0.05) is 17.1 Å². The average Bonchev–Trinajstić information content (AvgIpc) is 2.46. The fourth-order valence-electron chi connectivity index (χ4n) is 1.97. The monoisotopic (exact) mass is 267 g/mol. The predicted octanol–water partition coefficient (Wildman–Crippen LogP) is 2.07. The van der Waals surface area contributed by atoms with Gasteiger partial charge in [0.2, 0.25) is 5.95 Å². The van der Waals surface area contributed by atoms with Crippen LogP contribution < -0.4 is 10.5 Å². The van der Waals surface area contributed by atoms with E-state index in [0.717, 1.165) is 16.5 Å². The van der Waals surface area contributed by atoms with Crippen molar-refractivity contribution in [3.63, 3.8) is 0 Å². The number of fused-ring (bicyclic) bond motifs is 1. The molecule has 3 rings (SSSR count). The Hall–Kier alpha value is -2.76. The summed E-state index contributed by atoms with van der Waals surface area (Å²) in [6, 6.07) is 9.92. The van der Waals surface area contributed by atoms with Crippen LogP contribution in [-0.4, -0.2) is 26.5 Å². The molecule has 0 amide bonds. The van der Waals surface area contributed by atoms with Crippen LogP contribution in [0, 0.1) is 0 Å². The summed E-state index contributed by atoms with van der Waals surface area (Å²) in [7, 11) is 0. The predicted molar refractivity (Wildman–Crippen MR) is 76.1 cm³/mol. The zero-order chi connectivity index (χ0) is 13.9. The van der Waals surface area contributed by atoms with Crippen LogP contribution in [0.2, 0.25) is 0 Å². The van der Waals surface area contributed by atoms with E-state index < -0.39 is 0 Å². The minimum absolute atomic E-state index is 0.131. The van der Waals surface area contributed by atoms with Crippen molar-refractivity contribution in [1.82, 2.24) is 19.9 Å². The second kappa shape index (κ2) is 5.08. The summed E-state index contributed by atoms with van der Waals surface area (Å²) in [4.78, 5) is 16.8. The molecule has 3 aromatic rings. The first-order valence-electron chi connectivity index (χ1n) is 6.26. The first-order valence-corrected chi connectivity index (χ1v) is 6.26. The molecule has 0 aliphatic carbocycles. The van der Waals surface area contributed by atoms with Gasteiger partial charge in [-0.3, -0.25) is 4.98 Å². The van der Waals surface area contributed by atoms with Gasteiger partial charge in [0.25, 0.3) is 0 Å². The van der Waals surface area contributed by atoms with E-state index in [1.54, 1.807) is 6.20 Å². The van der Waals surface area contributed by atoms with Crippen molar-refractivity contribution >= 4 is 16.9 Å². The summed E-state index contributed by atoms with van der Waals surface area (Å²) in [5, 5.41) is 1.02. The zero-order valence-electron chi connectivity index (χ0n) is 10.9. The van der Waals surface area contributed by atoms with Crippen LogP contribution in [0.25, 0.3) is 22.3 Å². The Kier molecular flexibility index (Phi) is 3.12. The number of pyridine rings is 1. The summed E-state index contributed by atoms with van der Waals surface area (Å²) in [5.41, 5.74) is 7.33. The fourth-order valence-corrected chi connectivity index (χ4v) is 1.97. The Morgan fingerprint density at radius 3 is 2.80 bits per heavy atom. The molecule has 0 bridgehead atoms. The van der Waals surface area contributed by atoms with E-state index >= 15 is 0 Å². The van der Waals surface area contributed by atoms with E-state index in [1.807, 2.05) is 37.3 Å². The maximum atomic E-state index is 5.71. The molecule has 0 spiro atoms. The number of rotatable bonds is 3. The highest BCUT2D eigenvalue weighted by atomic mass is 16.5. The van der Waals surface area contributed by atoms with Gasteiger partial charge in [-0.2, -0.15) is 15.0 Å². The van der Waals surface area contributed by atoms with Gasteiger partial charge in [-0.1, -0.05) is 18.2 Å². The largest absolute Gasteiger partial charge is 0.464 e. The van der Waals surface area contributed by atoms with Crippen molar-refractivity contribution in [2.45, 2.75) is 6.92 Å². The van der Waals surface area contributed by atoms with E-state index in [0.29, 0.717) is 12.4 Å². The number of hydrogen-bond donors (Lipinski definition) is 1. The van der Waals surface area contributed by atoms with Gasteiger partial charge in [0.05, 0.1) is 12.1 Å². The van der Waals surface area contributed by atoms with Gasteiger partial charge in [-0.25, -0.2) is 0 Å². The Labute approximate surface area is 115 Å². The van der Waals surface area contributed by atoms with E-state index in [9.17, 15) is 0 Å². The summed E-state index contributed by atoms with van der Waals surface area (Å²) >= 11 is 0. The lowest BCUT2D eigenvalue weighted by Gasteiger charge is -2.07. The molecule has 0 radical (unpaired) electrons. The summed E-state index contributed by atoms with van der Waals surface area (Å²) in [6.45, 7) is 2.33. The molecule has 1 aromatic carbocycles. The number of hydrogen-bond acceptors (Lipinski definition) is 6. The molecular weight excluding hydrogens is 254 g/mol. The van der Waals surface area contributed by atoms with E-state index in [2.05, 4.69) is 19.9 Å². The van der Waals surface area contributed by atoms with Crippen LogP contribution >= 0.6 is 0 Å². The lowest BCUT2D eigenvalue weighted by Crippen LogP contribution is -2.05. The first kappa shape index (κ1) is 12.3. The summed E-state index contributed by atoms with van der Waals surface area (Å²) in [6.07, 6.45) is 1.74. The molecule has 0 saturated carbocycles. The molecule has 20 heavy (non-hydrogen) atoms. The highest BCUT2D eigenvalue weighted by Crippen LogP contribution is 2.25. The molecule has 2 aromatic heterocycles. The molecule has 100 valence electrons. The number of nitrogen functional groups attached to an aromatic ring is 1. The number of nitrogens with two attached hydrogens (primary N) is 1. The number of nitrogens with zero attached hydrogens (tertiary/aromatic N) is 4. The highest BCUT2D eigenvalue weighted by Gasteiger charge is 2.11. The maximum Gasteiger partial charge on any atom is 0.321 e. The van der Waals surface area contributed by atoms with E-state index in [4.69, 9.17) is 10.5 Å². The maximum absolute atomic E-state index is 5.71. The lowest BCUT2D eigenvalue weighted by molar-refractivity contribution is 0.312. The Balaban J connectivity index is 2.20. The van der Waals surface area contributed by atoms with Crippen LogP contribution in [0.3, 0.4) is 0 Å². The minimum atomic E-state index is 0.131. The Bertz CT molecular complexity index is 754. The van der Waals surface area contributed by atoms with Crippen LogP contribution in [0.15, 0.2) is 36.5 Å². The molecule has 0 unspecified atom stereocenters. The second-order valence-corrected chi connectivity index (χ2v) is 4.11.